The van der Waals surface area contributed by atoms with Gasteiger partial charge >= 0.3 is 0 Å². The van der Waals surface area contributed by atoms with Gasteiger partial charge in [-0.2, -0.15) is 0 Å². The van der Waals surface area contributed by atoms with E-state index in [0.29, 0.717) is 22.9 Å². The molecule has 0 aliphatic heterocycles. The number of rotatable bonds is 5. The molecule has 5 nitrogen and oxygen atoms in total. The number of hydrogen-bond acceptors (Lipinski definition) is 5. The molecule has 0 bridgehead atoms. The average molecular weight is 292 g/mol. The lowest BCUT2D eigenvalue weighted by atomic mass is 10.2. The Labute approximate surface area is 121 Å². The van der Waals surface area contributed by atoms with Crippen LogP contribution < -0.4 is 15.8 Å². The number of carbonyl (C=O) groups excluding carboxylic acids is 1. The second-order valence-electron chi connectivity index (χ2n) is 4.13. The maximum absolute atomic E-state index is 11.9. The number of aryl methyl sites for hydroxylation is 1. The first-order valence-electron chi connectivity index (χ1n) is 6.00. The van der Waals surface area contributed by atoms with E-state index in [9.17, 15) is 4.79 Å². The van der Waals surface area contributed by atoms with Crippen LogP contribution in [0.1, 0.15) is 5.76 Å². The van der Waals surface area contributed by atoms with Crippen molar-refractivity contribution in [1.82, 2.24) is 0 Å². The quantitative estimate of drug-likeness (QED) is 0.654. The number of nitrogen functional groups attached to an aromatic ring is 1. The molecule has 0 aliphatic carbocycles. The van der Waals surface area contributed by atoms with Crippen molar-refractivity contribution < 1.29 is 13.9 Å². The molecule has 1 aromatic heterocycles. The van der Waals surface area contributed by atoms with Gasteiger partial charge in [0, 0.05) is 11.0 Å². The van der Waals surface area contributed by atoms with E-state index < -0.39 is 0 Å². The number of anilines is 2. The number of nitrogens with one attached hydrogen (secondary N) is 1. The molecule has 2 rings (SSSR count). The van der Waals surface area contributed by atoms with Crippen molar-refractivity contribution in [2.24, 2.45) is 0 Å². The van der Waals surface area contributed by atoms with Crippen LogP contribution in [0.2, 0.25) is 0 Å². The molecule has 0 spiro atoms. The number of nitrogens with two attached hydrogens (primary N) is 1. The van der Waals surface area contributed by atoms with Crippen LogP contribution in [0.15, 0.2) is 39.8 Å². The molecule has 3 N–H and O–H groups in total. The highest BCUT2D eigenvalue weighted by Crippen LogP contribution is 2.26. The molecule has 0 aliphatic rings. The summed E-state index contributed by atoms with van der Waals surface area (Å²) in [4.78, 5) is 12.8. The Balaban J connectivity index is 1.93. The minimum atomic E-state index is -0.118. The van der Waals surface area contributed by atoms with Crippen molar-refractivity contribution in [3.05, 3.63) is 36.3 Å². The van der Waals surface area contributed by atoms with Gasteiger partial charge < -0.3 is 20.2 Å². The topological polar surface area (TPSA) is 77.5 Å². The third-order valence-electron chi connectivity index (χ3n) is 2.70. The van der Waals surface area contributed by atoms with Gasteiger partial charge in [-0.05, 0) is 25.1 Å². The van der Waals surface area contributed by atoms with Gasteiger partial charge in [0.05, 0.1) is 30.5 Å². The van der Waals surface area contributed by atoms with Crippen molar-refractivity contribution in [1.29, 1.82) is 0 Å². The van der Waals surface area contributed by atoms with E-state index in [2.05, 4.69) is 5.32 Å². The fraction of sp³-hybridized carbons (Fsp3) is 0.214. The summed E-state index contributed by atoms with van der Waals surface area (Å²) in [7, 11) is 1.57. The van der Waals surface area contributed by atoms with Gasteiger partial charge in [0.1, 0.15) is 11.5 Å². The monoisotopic (exact) mass is 292 g/mol. The molecule has 0 fully saturated rings. The zero-order chi connectivity index (χ0) is 14.5. The minimum Gasteiger partial charge on any atom is -0.497 e. The van der Waals surface area contributed by atoms with Gasteiger partial charge in [-0.3, -0.25) is 4.79 Å². The van der Waals surface area contributed by atoms with Crippen LogP contribution in [0.5, 0.6) is 5.75 Å². The van der Waals surface area contributed by atoms with E-state index in [1.165, 1.54) is 11.8 Å². The summed E-state index contributed by atoms with van der Waals surface area (Å²) < 4.78 is 10.2. The van der Waals surface area contributed by atoms with E-state index in [1.54, 1.807) is 31.6 Å². The lowest BCUT2D eigenvalue weighted by Crippen LogP contribution is -2.15. The molecule has 0 unspecified atom stereocenters. The largest absolute Gasteiger partial charge is 0.497 e. The summed E-state index contributed by atoms with van der Waals surface area (Å²) in [5.74, 6) is 1.65. The second kappa shape index (κ2) is 6.38. The lowest BCUT2D eigenvalue weighted by molar-refractivity contribution is -0.113. The smallest absolute Gasteiger partial charge is 0.234 e. The Morgan fingerprint density at radius 2 is 2.25 bits per heavy atom. The van der Waals surface area contributed by atoms with Crippen LogP contribution in [0.25, 0.3) is 0 Å². The van der Waals surface area contributed by atoms with Crippen molar-refractivity contribution in [2.45, 2.75) is 11.8 Å². The summed E-state index contributed by atoms with van der Waals surface area (Å²) >= 11 is 1.42. The highest BCUT2D eigenvalue weighted by molar-refractivity contribution is 8.00. The molecule has 1 amide bonds. The van der Waals surface area contributed by atoms with Crippen molar-refractivity contribution in [3.63, 3.8) is 0 Å². The zero-order valence-electron chi connectivity index (χ0n) is 11.3. The average Bonchev–Trinajstić information content (AvgIpc) is 2.84. The molecule has 1 aromatic carbocycles. The fourth-order valence-corrected chi connectivity index (χ4v) is 2.40. The predicted octanol–water partition coefficient (Wildman–Crippen LogP) is 2.91. The number of hydrogen-bond donors (Lipinski definition) is 2. The van der Waals surface area contributed by atoms with Gasteiger partial charge in [-0.15, -0.1) is 11.8 Å². The van der Waals surface area contributed by atoms with Crippen LogP contribution in [0.3, 0.4) is 0 Å². The highest BCUT2D eigenvalue weighted by atomic mass is 32.2. The first-order chi connectivity index (χ1) is 9.60. The molecule has 2 aromatic rings. The number of amides is 1. The number of carbonyl (C=O) groups is 1. The fourth-order valence-electron chi connectivity index (χ4n) is 1.63. The molecule has 0 atom stereocenters. The summed E-state index contributed by atoms with van der Waals surface area (Å²) in [6, 6.07) is 6.98. The molecule has 0 saturated heterocycles. The van der Waals surface area contributed by atoms with Crippen molar-refractivity contribution >= 4 is 29.0 Å². The van der Waals surface area contributed by atoms with Crippen LogP contribution in [-0.2, 0) is 4.79 Å². The van der Waals surface area contributed by atoms with Crippen molar-refractivity contribution in [2.75, 3.05) is 23.9 Å². The van der Waals surface area contributed by atoms with Crippen LogP contribution in [0.4, 0.5) is 11.4 Å². The molecule has 1 heterocycles. The molecule has 0 saturated carbocycles. The SMILES string of the molecule is COc1ccc(NC(=O)CSc2ccoc2C)c(N)c1. The lowest BCUT2D eigenvalue weighted by Gasteiger charge is -2.09. The normalized spacial score (nSPS) is 10.3. The zero-order valence-corrected chi connectivity index (χ0v) is 12.1. The van der Waals surface area contributed by atoms with Crippen molar-refractivity contribution in [3.8, 4) is 5.75 Å². The van der Waals surface area contributed by atoms with Gasteiger partial charge in [0.25, 0.3) is 0 Å². The molecular weight excluding hydrogens is 276 g/mol. The molecule has 0 radical (unpaired) electrons. The van der Waals surface area contributed by atoms with E-state index in [-0.39, 0.29) is 5.91 Å². The standard InChI is InChI=1S/C14H16N2O3S/c1-9-13(5-6-19-9)20-8-14(17)16-12-4-3-10(18-2)7-11(12)15/h3-7H,8,15H2,1-2H3,(H,16,17). The second-order valence-corrected chi connectivity index (χ2v) is 5.15. The maximum atomic E-state index is 11.9. The molecule has 6 heteroatoms. The van der Waals surface area contributed by atoms with E-state index >= 15 is 0 Å². The Hall–Kier alpha value is -2.08. The molecule has 20 heavy (non-hydrogen) atoms. The Morgan fingerprint density at radius 1 is 1.45 bits per heavy atom. The molecule has 106 valence electrons. The van der Waals surface area contributed by atoms with Gasteiger partial charge in [0.2, 0.25) is 5.91 Å². The Morgan fingerprint density at radius 3 is 2.85 bits per heavy atom. The maximum Gasteiger partial charge on any atom is 0.234 e. The summed E-state index contributed by atoms with van der Waals surface area (Å²) in [6.07, 6.45) is 1.61. The summed E-state index contributed by atoms with van der Waals surface area (Å²) in [5, 5.41) is 2.77. The number of benzene rings is 1. The van der Waals surface area contributed by atoms with Crippen LogP contribution in [-0.4, -0.2) is 18.8 Å². The van der Waals surface area contributed by atoms with Gasteiger partial charge in [-0.1, -0.05) is 0 Å². The highest BCUT2D eigenvalue weighted by Gasteiger charge is 2.09. The van der Waals surface area contributed by atoms with Crippen LogP contribution in [0, 0.1) is 6.92 Å². The number of methoxy groups -OCH3 is 1. The molecular formula is C14H16N2O3S. The summed E-state index contributed by atoms with van der Waals surface area (Å²) in [6.45, 7) is 1.86. The van der Waals surface area contributed by atoms with Gasteiger partial charge in [0.15, 0.2) is 0 Å². The number of ether oxygens (including phenoxy) is 1. The Bertz CT molecular complexity index is 610. The third kappa shape index (κ3) is 3.48. The third-order valence-corrected chi connectivity index (χ3v) is 3.84. The predicted molar refractivity (Wildman–Crippen MR) is 80.2 cm³/mol. The van der Waals surface area contributed by atoms with E-state index in [1.807, 2.05) is 13.0 Å². The Kier molecular flexibility index (Phi) is 4.57. The first kappa shape index (κ1) is 14.3. The number of furan rings is 1. The summed E-state index contributed by atoms with van der Waals surface area (Å²) in [5.41, 5.74) is 6.90. The van der Waals surface area contributed by atoms with Gasteiger partial charge in [-0.25, -0.2) is 0 Å². The van der Waals surface area contributed by atoms with E-state index in [0.717, 1.165) is 10.7 Å². The number of thioether (sulfide) groups is 1. The minimum absolute atomic E-state index is 0.118. The van der Waals surface area contributed by atoms with E-state index in [4.69, 9.17) is 14.9 Å². The first-order valence-corrected chi connectivity index (χ1v) is 6.99. The van der Waals surface area contributed by atoms with Crippen LogP contribution >= 0.6 is 11.8 Å².